The molecule has 0 heterocycles. The molecule has 3 N–H and O–H groups in total. The fraction of sp³-hybridized carbons (Fsp3) is 0.357. The van der Waals surface area contributed by atoms with Gasteiger partial charge in [0.05, 0.1) is 10.6 Å². The van der Waals surface area contributed by atoms with E-state index in [9.17, 15) is 14.4 Å². The number of nitrogens with one attached hydrogen (secondary N) is 3. The maximum Gasteiger partial charge on any atom is 0.271 e. The van der Waals surface area contributed by atoms with Crippen LogP contribution in [0.25, 0.3) is 0 Å². The van der Waals surface area contributed by atoms with E-state index in [1.165, 1.54) is 19.1 Å². The van der Waals surface area contributed by atoms with Crippen molar-refractivity contribution >= 4 is 40.9 Å². The minimum absolute atomic E-state index is 0.134. The summed E-state index contributed by atoms with van der Waals surface area (Å²) in [7, 11) is 0. The van der Waals surface area contributed by atoms with Crippen LogP contribution in [-0.2, 0) is 9.59 Å². The van der Waals surface area contributed by atoms with Crippen LogP contribution in [0.4, 0.5) is 0 Å². The highest BCUT2D eigenvalue weighted by Crippen LogP contribution is 2.20. The van der Waals surface area contributed by atoms with E-state index in [0.29, 0.717) is 5.02 Å². The zero-order chi connectivity index (χ0) is 16.9. The van der Waals surface area contributed by atoms with Gasteiger partial charge < -0.3 is 5.32 Å². The molecule has 1 rings (SSSR count). The Kier molecular flexibility index (Phi) is 6.64. The maximum absolute atomic E-state index is 12.0. The summed E-state index contributed by atoms with van der Waals surface area (Å²) in [6, 6.07) is 3.66. The lowest BCUT2D eigenvalue weighted by Crippen LogP contribution is -2.54. The molecule has 0 radical (unpaired) electrons. The van der Waals surface area contributed by atoms with Crippen LogP contribution in [0.5, 0.6) is 0 Å². The van der Waals surface area contributed by atoms with E-state index in [1.54, 1.807) is 19.9 Å². The molecule has 3 amide bonds. The highest BCUT2D eigenvalue weighted by atomic mass is 35.5. The van der Waals surface area contributed by atoms with Gasteiger partial charge in [-0.25, -0.2) is 0 Å². The number of hydrazine groups is 1. The monoisotopic (exact) mass is 345 g/mol. The van der Waals surface area contributed by atoms with Gasteiger partial charge in [-0.3, -0.25) is 25.2 Å². The third-order valence-corrected chi connectivity index (χ3v) is 3.34. The van der Waals surface area contributed by atoms with Crippen LogP contribution in [-0.4, -0.2) is 23.8 Å². The van der Waals surface area contributed by atoms with Crippen LogP contribution in [0.1, 0.15) is 31.1 Å². The Bertz CT molecular complexity index is 591. The molecule has 8 heteroatoms. The van der Waals surface area contributed by atoms with Gasteiger partial charge in [-0.2, -0.15) is 0 Å². The summed E-state index contributed by atoms with van der Waals surface area (Å²) in [4.78, 5) is 35.1. The lowest BCUT2D eigenvalue weighted by Gasteiger charge is -2.21. The molecule has 0 saturated carbocycles. The lowest BCUT2D eigenvalue weighted by molar-refractivity contribution is -0.129. The van der Waals surface area contributed by atoms with Gasteiger partial charge in [-0.15, -0.1) is 0 Å². The molecule has 0 bridgehead atoms. The van der Waals surface area contributed by atoms with Crippen LogP contribution in [0.2, 0.25) is 10.0 Å². The van der Waals surface area contributed by atoms with E-state index >= 15 is 0 Å². The normalized spacial score (nSPS) is 11.7. The number of halogens is 2. The summed E-state index contributed by atoms with van der Waals surface area (Å²) >= 11 is 11.7. The van der Waals surface area contributed by atoms with Crippen LogP contribution in [0, 0.1) is 5.92 Å². The van der Waals surface area contributed by atoms with Crippen molar-refractivity contribution in [2.75, 3.05) is 0 Å². The molecule has 0 saturated heterocycles. The molecule has 0 fully saturated rings. The van der Waals surface area contributed by atoms with Crippen molar-refractivity contribution in [2.24, 2.45) is 5.92 Å². The summed E-state index contributed by atoms with van der Waals surface area (Å²) < 4.78 is 0. The zero-order valence-corrected chi connectivity index (χ0v) is 13.9. The van der Waals surface area contributed by atoms with E-state index in [4.69, 9.17) is 23.2 Å². The number of carbonyl (C=O) groups is 3. The van der Waals surface area contributed by atoms with Gasteiger partial charge in [0.15, 0.2) is 0 Å². The molecule has 22 heavy (non-hydrogen) atoms. The minimum atomic E-state index is -0.757. The number of hydrogen-bond acceptors (Lipinski definition) is 3. The zero-order valence-electron chi connectivity index (χ0n) is 12.4. The summed E-state index contributed by atoms with van der Waals surface area (Å²) in [5.41, 5.74) is 4.64. The summed E-state index contributed by atoms with van der Waals surface area (Å²) in [5, 5.41) is 3.07. The van der Waals surface area contributed by atoms with Crippen LogP contribution in [0.15, 0.2) is 18.2 Å². The summed E-state index contributed by atoms with van der Waals surface area (Å²) in [6.07, 6.45) is 0. The second-order valence-electron chi connectivity index (χ2n) is 4.99. The topological polar surface area (TPSA) is 87.3 Å². The summed E-state index contributed by atoms with van der Waals surface area (Å²) in [5.74, 6) is -1.61. The van der Waals surface area contributed by atoms with Gasteiger partial charge in [0.25, 0.3) is 11.8 Å². The Morgan fingerprint density at radius 3 is 2.27 bits per heavy atom. The van der Waals surface area contributed by atoms with Crippen LogP contribution >= 0.6 is 23.2 Å². The largest absolute Gasteiger partial charge is 0.344 e. The van der Waals surface area contributed by atoms with Gasteiger partial charge in [0.2, 0.25) is 5.91 Å². The summed E-state index contributed by atoms with van der Waals surface area (Å²) in [6.45, 7) is 4.86. The Morgan fingerprint density at radius 1 is 1.09 bits per heavy atom. The average Bonchev–Trinajstić information content (AvgIpc) is 2.43. The van der Waals surface area contributed by atoms with Crippen molar-refractivity contribution in [1.29, 1.82) is 0 Å². The molecule has 0 aliphatic carbocycles. The predicted octanol–water partition coefficient (Wildman–Crippen LogP) is 1.92. The molecule has 120 valence electrons. The van der Waals surface area contributed by atoms with Crippen molar-refractivity contribution in [3.05, 3.63) is 33.8 Å². The second-order valence-corrected chi connectivity index (χ2v) is 5.83. The highest BCUT2D eigenvalue weighted by molar-refractivity contribution is 6.35. The SMILES string of the molecule is CC(=O)NC(C(=O)NNC(=O)c1cc(Cl)ccc1Cl)C(C)C. The molecular formula is C14H17Cl2N3O3. The Labute approximate surface area is 138 Å². The van der Waals surface area contributed by atoms with E-state index in [2.05, 4.69) is 16.2 Å². The fourth-order valence-corrected chi connectivity index (χ4v) is 2.06. The molecule has 0 aliphatic rings. The van der Waals surface area contributed by atoms with Gasteiger partial charge in [0.1, 0.15) is 6.04 Å². The van der Waals surface area contributed by atoms with Gasteiger partial charge in [-0.1, -0.05) is 37.0 Å². The number of amides is 3. The molecule has 1 aromatic rings. The molecule has 1 unspecified atom stereocenters. The standard InChI is InChI=1S/C14H17Cl2N3O3/c1-7(2)12(17-8(3)20)14(22)19-18-13(21)10-6-9(15)4-5-11(10)16/h4-7,12H,1-3H3,(H,17,20)(H,18,21)(H,19,22). The highest BCUT2D eigenvalue weighted by Gasteiger charge is 2.23. The molecule has 0 aliphatic heterocycles. The third kappa shape index (κ3) is 5.20. The van der Waals surface area contributed by atoms with E-state index in [-0.39, 0.29) is 22.4 Å². The van der Waals surface area contributed by atoms with Crippen molar-refractivity contribution in [2.45, 2.75) is 26.8 Å². The first kappa shape index (κ1) is 18.3. The number of hydrogen-bond donors (Lipinski definition) is 3. The van der Waals surface area contributed by atoms with Crippen molar-refractivity contribution in [3.63, 3.8) is 0 Å². The lowest BCUT2D eigenvalue weighted by atomic mass is 10.0. The van der Waals surface area contributed by atoms with Crippen molar-refractivity contribution in [1.82, 2.24) is 16.2 Å². The Hall–Kier alpha value is -1.79. The molecule has 1 atom stereocenters. The third-order valence-electron chi connectivity index (χ3n) is 2.78. The van der Waals surface area contributed by atoms with E-state index in [1.807, 2.05) is 0 Å². The van der Waals surface area contributed by atoms with Gasteiger partial charge in [-0.05, 0) is 24.1 Å². The Balaban J connectivity index is 2.71. The average molecular weight is 346 g/mol. The smallest absolute Gasteiger partial charge is 0.271 e. The molecule has 0 aromatic heterocycles. The van der Waals surface area contributed by atoms with E-state index < -0.39 is 17.9 Å². The first-order chi connectivity index (χ1) is 10.2. The molecule has 0 spiro atoms. The maximum atomic E-state index is 12.0. The molecule has 1 aromatic carbocycles. The predicted molar refractivity (Wildman–Crippen MR) is 84.5 cm³/mol. The van der Waals surface area contributed by atoms with Crippen LogP contribution in [0.3, 0.4) is 0 Å². The Morgan fingerprint density at radius 2 is 1.73 bits per heavy atom. The first-order valence-electron chi connectivity index (χ1n) is 6.54. The van der Waals surface area contributed by atoms with Crippen LogP contribution < -0.4 is 16.2 Å². The van der Waals surface area contributed by atoms with Crippen molar-refractivity contribution < 1.29 is 14.4 Å². The number of benzene rings is 1. The second kappa shape index (κ2) is 8.00. The molecule has 6 nitrogen and oxygen atoms in total. The van der Waals surface area contributed by atoms with Crippen molar-refractivity contribution in [3.8, 4) is 0 Å². The van der Waals surface area contributed by atoms with E-state index in [0.717, 1.165) is 0 Å². The van der Waals surface area contributed by atoms with Gasteiger partial charge >= 0.3 is 0 Å². The van der Waals surface area contributed by atoms with Gasteiger partial charge in [0, 0.05) is 11.9 Å². The minimum Gasteiger partial charge on any atom is -0.344 e. The fourth-order valence-electron chi connectivity index (χ4n) is 1.69. The number of carbonyl (C=O) groups excluding carboxylic acids is 3. The first-order valence-corrected chi connectivity index (χ1v) is 7.30. The molecular weight excluding hydrogens is 329 g/mol. The quantitative estimate of drug-likeness (QED) is 0.728. The number of rotatable bonds is 4.